The number of nitro benzene ring substituents is 1. The topological polar surface area (TPSA) is 72.7 Å². The lowest BCUT2D eigenvalue weighted by Crippen LogP contribution is -2.27. The van der Waals surface area contributed by atoms with Crippen LogP contribution >= 0.6 is 47.3 Å². The molecule has 34 heavy (non-hydrogen) atoms. The number of halogens is 1. The smallest absolute Gasteiger partial charge is 0.283 e. The van der Waals surface area contributed by atoms with Gasteiger partial charge < -0.3 is 4.74 Å². The molecule has 1 aliphatic heterocycles. The lowest BCUT2D eigenvalue weighted by Gasteiger charge is -2.15. The van der Waals surface area contributed by atoms with Gasteiger partial charge in [-0.3, -0.25) is 19.8 Å². The molecule has 0 radical (unpaired) electrons. The summed E-state index contributed by atoms with van der Waals surface area (Å²) in [5, 5.41) is 12.1. The number of methoxy groups -OCH3 is 1. The number of nitro groups is 1. The van der Waals surface area contributed by atoms with Gasteiger partial charge in [0, 0.05) is 11.0 Å². The number of amides is 1. The van der Waals surface area contributed by atoms with Gasteiger partial charge in [-0.15, -0.1) is 0 Å². The zero-order valence-corrected chi connectivity index (χ0v) is 21.2. The first-order valence-corrected chi connectivity index (χ1v) is 12.3. The van der Waals surface area contributed by atoms with Gasteiger partial charge in [0.1, 0.15) is 5.75 Å². The van der Waals surface area contributed by atoms with Crippen molar-refractivity contribution in [3.8, 4) is 5.75 Å². The van der Waals surface area contributed by atoms with Crippen molar-refractivity contribution >= 4 is 75.0 Å². The molecule has 1 saturated heterocycles. The number of thioether (sulfide) groups is 1. The van der Waals surface area contributed by atoms with Crippen LogP contribution in [0.25, 0.3) is 6.08 Å². The van der Waals surface area contributed by atoms with Crippen LogP contribution < -0.4 is 9.64 Å². The van der Waals surface area contributed by atoms with E-state index in [2.05, 4.69) is 0 Å². The van der Waals surface area contributed by atoms with Crippen LogP contribution in [-0.2, 0) is 4.79 Å². The molecule has 0 saturated carbocycles. The minimum atomic E-state index is -0.418. The first kappa shape index (κ1) is 24.3. The highest BCUT2D eigenvalue weighted by Crippen LogP contribution is 2.40. The summed E-state index contributed by atoms with van der Waals surface area (Å²) in [6.45, 7) is 1.98. The molecule has 0 N–H and O–H groups in total. The fraction of sp³-hybridized carbons (Fsp3) is 0.0833. The Labute approximate surface area is 215 Å². The summed E-state index contributed by atoms with van der Waals surface area (Å²) in [5.41, 5.74) is 2.14. The van der Waals surface area contributed by atoms with Crippen molar-refractivity contribution in [2.24, 2.45) is 0 Å². The summed E-state index contributed by atoms with van der Waals surface area (Å²) >= 11 is 14.1. The first-order chi connectivity index (χ1) is 16.3. The van der Waals surface area contributed by atoms with E-state index < -0.39 is 4.92 Å². The van der Waals surface area contributed by atoms with Crippen LogP contribution in [0.3, 0.4) is 0 Å². The molecule has 1 fully saturated rings. The van der Waals surface area contributed by atoms with E-state index in [4.69, 9.17) is 28.6 Å². The Morgan fingerprint density at radius 2 is 1.88 bits per heavy atom. The third kappa shape index (κ3) is 5.12. The molecule has 0 bridgehead atoms. The zero-order chi connectivity index (χ0) is 24.4. The normalized spacial score (nSPS) is 14.7. The zero-order valence-electron chi connectivity index (χ0n) is 18.0. The summed E-state index contributed by atoms with van der Waals surface area (Å²) in [4.78, 5) is 27.6. The average Bonchev–Trinajstić information content (AvgIpc) is 3.08. The van der Waals surface area contributed by atoms with Gasteiger partial charge in [-0.2, -0.15) is 0 Å². The minimum Gasteiger partial charge on any atom is -0.495 e. The molecule has 1 heterocycles. The van der Waals surface area contributed by atoms with Gasteiger partial charge >= 0.3 is 0 Å². The molecule has 172 valence electrons. The molecule has 0 unspecified atom stereocenters. The van der Waals surface area contributed by atoms with E-state index in [1.54, 1.807) is 36.4 Å². The fourth-order valence-electron chi connectivity index (χ4n) is 3.22. The van der Waals surface area contributed by atoms with Gasteiger partial charge in [-0.1, -0.05) is 71.1 Å². The van der Waals surface area contributed by atoms with E-state index in [1.807, 2.05) is 31.2 Å². The first-order valence-electron chi connectivity index (χ1n) is 9.91. The molecule has 10 heteroatoms. The van der Waals surface area contributed by atoms with Crippen LogP contribution in [0.5, 0.6) is 5.75 Å². The lowest BCUT2D eigenvalue weighted by molar-refractivity contribution is -0.387. The highest BCUT2D eigenvalue weighted by Gasteiger charge is 2.33. The molecule has 6 nitrogen and oxygen atoms in total. The Balaban J connectivity index is 1.62. The number of aryl methyl sites for hydroxylation is 1. The van der Waals surface area contributed by atoms with Crippen molar-refractivity contribution in [1.29, 1.82) is 0 Å². The van der Waals surface area contributed by atoms with Gasteiger partial charge in [0.25, 0.3) is 11.6 Å². The largest absolute Gasteiger partial charge is 0.495 e. The van der Waals surface area contributed by atoms with Crippen LogP contribution in [0.1, 0.15) is 11.1 Å². The van der Waals surface area contributed by atoms with Crippen LogP contribution in [-0.4, -0.2) is 22.3 Å². The molecular weight excluding hydrogens is 512 g/mol. The van der Waals surface area contributed by atoms with Crippen molar-refractivity contribution < 1.29 is 14.5 Å². The van der Waals surface area contributed by atoms with Gasteiger partial charge in [-0.25, -0.2) is 0 Å². The van der Waals surface area contributed by atoms with Crippen molar-refractivity contribution in [3.05, 3.63) is 91.8 Å². The summed E-state index contributed by atoms with van der Waals surface area (Å²) in [6.07, 6.45) is 1.61. The SMILES string of the molecule is COc1ccc(N2C(=O)/C(=C/c3ccc(Sc4ccc(C)cc4)c([N+](=O)[O-])c3)SC2=S)cc1Cl. The van der Waals surface area contributed by atoms with Crippen molar-refractivity contribution in [3.63, 3.8) is 0 Å². The number of nitrogens with zero attached hydrogens (tertiary/aromatic N) is 2. The lowest BCUT2D eigenvalue weighted by atomic mass is 10.2. The molecule has 4 rings (SSSR count). The quantitative estimate of drug-likeness (QED) is 0.146. The molecular formula is C24H17ClN2O4S3. The molecule has 1 aliphatic rings. The Kier molecular flexibility index (Phi) is 7.27. The molecule has 3 aromatic rings. The maximum Gasteiger partial charge on any atom is 0.283 e. The molecule has 1 amide bonds. The molecule has 0 spiro atoms. The van der Waals surface area contributed by atoms with Gasteiger partial charge in [0.05, 0.1) is 32.5 Å². The van der Waals surface area contributed by atoms with E-state index in [0.29, 0.717) is 36.1 Å². The summed E-state index contributed by atoms with van der Waals surface area (Å²) in [5.74, 6) is 0.166. The van der Waals surface area contributed by atoms with Crippen LogP contribution in [0, 0.1) is 17.0 Å². The number of thiocarbonyl (C=S) groups is 1. The predicted molar refractivity (Wildman–Crippen MR) is 142 cm³/mol. The van der Waals surface area contributed by atoms with Crippen LogP contribution in [0.4, 0.5) is 11.4 Å². The second kappa shape index (κ2) is 10.2. The highest BCUT2D eigenvalue weighted by molar-refractivity contribution is 8.27. The third-order valence-electron chi connectivity index (χ3n) is 4.91. The number of carbonyl (C=O) groups excluding carboxylic acids is 1. The molecule has 3 aromatic carbocycles. The van der Waals surface area contributed by atoms with Crippen LogP contribution in [0.2, 0.25) is 5.02 Å². The average molecular weight is 529 g/mol. The maximum absolute atomic E-state index is 13.1. The summed E-state index contributed by atoms with van der Waals surface area (Å²) < 4.78 is 5.50. The van der Waals surface area contributed by atoms with Crippen molar-refractivity contribution in [2.75, 3.05) is 12.0 Å². The van der Waals surface area contributed by atoms with Crippen molar-refractivity contribution in [2.45, 2.75) is 16.7 Å². The Morgan fingerprint density at radius 3 is 2.53 bits per heavy atom. The van der Waals surface area contributed by atoms with Crippen LogP contribution in [0.15, 0.2) is 75.4 Å². The standard InChI is InChI=1S/C24H17ClN2O4S3/c1-14-3-7-17(8-4-14)33-21-10-5-15(11-19(21)27(29)30)12-22-23(28)26(24(32)34-22)16-6-9-20(31-2)18(25)13-16/h3-13H,1-2H3/b22-12-. The maximum atomic E-state index is 13.1. The highest BCUT2D eigenvalue weighted by atomic mass is 35.5. The monoisotopic (exact) mass is 528 g/mol. The molecule has 0 aliphatic carbocycles. The van der Waals surface area contributed by atoms with E-state index in [-0.39, 0.29) is 11.6 Å². The van der Waals surface area contributed by atoms with E-state index in [0.717, 1.165) is 22.2 Å². The second-order valence-corrected chi connectivity index (χ2v) is 10.4. The number of hydrogen-bond donors (Lipinski definition) is 0. The Hall–Kier alpha value is -2.85. The number of hydrogen-bond acceptors (Lipinski definition) is 7. The number of anilines is 1. The van der Waals surface area contributed by atoms with Gasteiger partial charge in [0.2, 0.25) is 0 Å². The summed E-state index contributed by atoms with van der Waals surface area (Å²) in [7, 11) is 1.51. The van der Waals surface area contributed by atoms with E-state index >= 15 is 0 Å². The van der Waals surface area contributed by atoms with Gasteiger partial charge in [0.15, 0.2) is 4.32 Å². The van der Waals surface area contributed by atoms with Gasteiger partial charge in [-0.05, 0) is 55.0 Å². The minimum absolute atomic E-state index is 0.0308. The molecule has 0 atom stereocenters. The Bertz CT molecular complexity index is 1340. The number of rotatable bonds is 6. The predicted octanol–water partition coefficient (Wildman–Crippen LogP) is 7.12. The fourth-order valence-corrected chi connectivity index (χ4v) is 5.67. The second-order valence-electron chi connectivity index (χ2n) is 7.24. The summed E-state index contributed by atoms with van der Waals surface area (Å²) in [6, 6.07) is 17.6. The Morgan fingerprint density at radius 1 is 1.15 bits per heavy atom. The van der Waals surface area contributed by atoms with Crippen molar-refractivity contribution in [1.82, 2.24) is 0 Å². The number of ether oxygens (including phenoxy) is 1. The molecule has 0 aromatic heterocycles. The van der Waals surface area contributed by atoms with E-state index in [1.165, 1.54) is 29.8 Å². The number of benzene rings is 3. The number of carbonyl (C=O) groups is 1. The van der Waals surface area contributed by atoms with E-state index in [9.17, 15) is 14.9 Å². The third-order valence-corrected chi connectivity index (χ3v) is 7.58.